The summed E-state index contributed by atoms with van der Waals surface area (Å²) in [6.07, 6.45) is 0.961. The molecule has 0 aromatic carbocycles. The molecule has 2 nitrogen and oxygen atoms in total. The summed E-state index contributed by atoms with van der Waals surface area (Å²) in [6.45, 7) is 1.98. The number of esters is 1. The van der Waals surface area contributed by atoms with Crippen LogP contribution < -0.4 is 0 Å². The molecule has 1 unspecified atom stereocenters. The number of ether oxygens (including phenoxy) is 1. The Morgan fingerprint density at radius 1 is 1.75 bits per heavy atom. The second-order valence-corrected chi connectivity index (χ2v) is 3.74. The number of carbonyl (C=O) groups is 1. The van der Waals surface area contributed by atoms with Gasteiger partial charge in [0.25, 0.3) is 0 Å². The van der Waals surface area contributed by atoms with E-state index in [0.29, 0.717) is 0 Å². The summed E-state index contributed by atoms with van der Waals surface area (Å²) in [6, 6.07) is 0. The Kier molecular flexibility index (Phi) is 4.02. The van der Waals surface area contributed by atoms with Crippen molar-refractivity contribution in [3.05, 3.63) is 0 Å². The van der Waals surface area contributed by atoms with E-state index in [0.717, 1.165) is 17.9 Å². The monoisotopic (exact) mass is 184 g/mol. The zero-order valence-electron chi connectivity index (χ0n) is 7.13. The van der Waals surface area contributed by atoms with Gasteiger partial charge in [0.1, 0.15) is 0 Å². The molecule has 12 heavy (non-hydrogen) atoms. The molecule has 0 aliphatic carbocycles. The van der Waals surface area contributed by atoms with Crippen LogP contribution in [0, 0.1) is 17.8 Å². The van der Waals surface area contributed by atoms with E-state index < -0.39 is 0 Å². The average molecular weight is 184 g/mol. The lowest BCUT2D eigenvalue weighted by molar-refractivity contribution is -0.146. The van der Waals surface area contributed by atoms with Crippen LogP contribution in [0.3, 0.4) is 0 Å². The molecule has 0 amide bonds. The van der Waals surface area contributed by atoms with Gasteiger partial charge in [-0.2, -0.15) is 11.8 Å². The molecule has 1 saturated heterocycles. The Hall–Kier alpha value is -0.620. The average Bonchev–Trinajstić information content (AvgIpc) is 2.56. The Labute approximate surface area is 77.1 Å². The number of hydrogen-bond acceptors (Lipinski definition) is 3. The maximum Gasteiger partial charge on any atom is 0.310 e. The molecule has 1 atom stereocenters. The van der Waals surface area contributed by atoms with Gasteiger partial charge in [0.05, 0.1) is 5.92 Å². The van der Waals surface area contributed by atoms with E-state index in [1.165, 1.54) is 0 Å². The van der Waals surface area contributed by atoms with E-state index in [1.54, 1.807) is 6.92 Å². The molecular weight excluding hydrogens is 172 g/mol. The highest BCUT2D eigenvalue weighted by molar-refractivity contribution is 7.99. The zero-order valence-corrected chi connectivity index (χ0v) is 7.95. The Morgan fingerprint density at radius 3 is 3.17 bits per heavy atom. The third-order valence-electron chi connectivity index (χ3n) is 1.73. The lowest BCUT2D eigenvalue weighted by atomic mass is 10.1. The fraction of sp³-hybridized carbons (Fsp3) is 0.667. The summed E-state index contributed by atoms with van der Waals surface area (Å²) < 4.78 is 4.94. The number of carbonyl (C=O) groups excluding carboxylic acids is 1. The Bertz CT molecular complexity index is 208. The van der Waals surface area contributed by atoms with Crippen LogP contribution in [-0.2, 0) is 9.53 Å². The topological polar surface area (TPSA) is 26.3 Å². The maximum atomic E-state index is 11.2. The summed E-state index contributed by atoms with van der Waals surface area (Å²) in [7, 11) is 0. The standard InChI is InChI=1S/C9H12O2S/c1-2-3-5-11-9(10)8-4-6-12-7-8/h8H,4-7H2,1H3. The van der Waals surface area contributed by atoms with Gasteiger partial charge in [-0.15, -0.1) is 5.92 Å². The molecule has 66 valence electrons. The van der Waals surface area contributed by atoms with E-state index in [1.807, 2.05) is 11.8 Å². The van der Waals surface area contributed by atoms with Crippen LogP contribution in [0.15, 0.2) is 0 Å². The molecule has 3 heteroatoms. The van der Waals surface area contributed by atoms with Gasteiger partial charge in [-0.1, -0.05) is 5.92 Å². The third kappa shape index (κ3) is 2.78. The molecule has 0 aromatic rings. The van der Waals surface area contributed by atoms with Crippen LogP contribution >= 0.6 is 11.8 Å². The highest BCUT2D eigenvalue weighted by Crippen LogP contribution is 2.24. The largest absolute Gasteiger partial charge is 0.452 e. The number of hydrogen-bond donors (Lipinski definition) is 0. The van der Waals surface area contributed by atoms with Crippen molar-refractivity contribution in [2.45, 2.75) is 13.3 Å². The molecule has 0 bridgehead atoms. The van der Waals surface area contributed by atoms with Crippen LogP contribution in [0.25, 0.3) is 0 Å². The van der Waals surface area contributed by atoms with Crippen molar-refractivity contribution in [1.82, 2.24) is 0 Å². The summed E-state index contributed by atoms with van der Waals surface area (Å²) >= 11 is 1.81. The first-order chi connectivity index (χ1) is 5.84. The van der Waals surface area contributed by atoms with E-state index in [2.05, 4.69) is 11.8 Å². The fourth-order valence-electron chi connectivity index (χ4n) is 1.02. The van der Waals surface area contributed by atoms with Gasteiger partial charge in [0.2, 0.25) is 0 Å². The van der Waals surface area contributed by atoms with Crippen molar-refractivity contribution in [1.29, 1.82) is 0 Å². The van der Waals surface area contributed by atoms with E-state index in [9.17, 15) is 4.79 Å². The molecular formula is C9H12O2S. The Morgan fingerprint density at radius 2 is 2.58 bits per heavy atom. The third-order valence-corrected chi connectivity index (χ3v) is 2.89. The van der Waals surface area contributed by atoms with Gasteiger partial charge in [-0.25, -0.2) is 0 Å². The van der Waals surface area contributed by atoms with Gasteiger partial charge >= 0.3 is 5.97 Å². The van der Waals surface area contributed by atoms with Gasteiger partial charge in [-0.05, 0) is 19.1 Å². The van der Waals surface area contributed by atoms with Crippen LogP contribution in [-0.4, -0.2) is 24.1 Å². The first-order valence-electron chi connectivity index (χ1n) is 3.98. The van der Waals surface area contributed by atoms with Gasteiger partial charge in [0, 0.05) is 5.75 Å². The van der Waals surface area contributed by atoms with Crippen LogP contribution in [0.5, 0.6) is 0 Å². The van der Waals surface area contributed by atoms with Gasteiger partial charge in [0.15, 0.2) is 6.61 Å². The highest BCUT2D eigenvalue weighted by atomic mass is 32.2. The normalized spacial score (nSPS) is 21.2. The summed E-state index contributed by atoms with van der Waals surface area (Å²) in [5, 5.41) is 0. The van der Waals surface area contributed by atoms with Crippen LogP contribution in [0.1, 0.15) is 13.3 Å². The van der Waals surface area contributed by atoms with Crippen LogP contribution in [0.2, 0.25) is 0 Å². The lowest BCUT2D eigenvalue weighted by Gasteiger charge is -2.05. The molecule has 1 heterocycles. The molecule has 0 radical (unpaired) electrons. The molecule has 1 aliphatic rings. The molecule has 1 fully saturated rings. The lowest BCUT2D eigenvalue weighted by Crippen LogP contribution is -2.17. The smallest absolute Gasteiger partial charge is 0.310 e. The van der Waals surface area contributed by atoms with Crippen LogP contribution in [0.4, 0.5) is 0 Å². The second-order valence-electron chi connectivity index (χ2n) is 2.60. The Balaban J connectivity index is 2.21. The maximum absolute atomic E-state index is 11.2. The highest BCUT2D eigenvalue weighted by Gasteiger charge is 2.23. The minimum absolute atomic E-state index is 0.0808. The molecule has 1 aliphatic heterocycles. The minimum atomic E-state index is -0.0808. The first kappa shape index (κ1) is 9.47. The van der Waals surface area contributed by atoms with E-state index in [4.69, 9.17) is 4.74 Å². The zero-order chi connectivity index (χ0) is 8.81. The van der Waals surface area contributed by atoms with Crippen molar-refractivity contribution in [3.8, 4) is 11.8 Å². The number of rotatable bonds is 2. The fourth-order valence-corrected chi connectivity index (χ4v) is 2.22. The second kappa shape index (κ2) is 5.10. The van der Waals surface area contributed by atoms with Crippen molar-refractivity contribution in [2.75, 3.05) is 18.1 Å². The minimum Gasteiger partial charge on any atom is -0.452 e. The predicted molar refractivity (Wildman–Crippen MR) is 49.8 cm³/mol. The van der Waals surface area contributed by atoms with Crippen molar-refractivity contribution < 1.29 is 9.53 Å². The van der Waals surface area contributed by atoms with Crippen molar-refractivity contribution in [3.63, 3.8) is 0 Å². The van der Waals surface area contributed by atoms with Gasteiger partial charge in [-0.3, -0.25) is 4.79 Å². The molecule has 1 rings (SSSR count). The summed E-state index contributed by atoms with van der Waals surface area (Å²) in [4.78, 5) is 11.2. The molecule has 0 N–H and O–H groups in total. The van der Waals surface area contributed by atoms with Crippen molar-refractivity contribution in [2.24, 2.45) is 5.92 Å². The summed E-state index contributed by atoms with van der Waals surface area (Å²) in [5.74, 6) is 7.42. The molecule has 0 spiro atoms. The summed E-state index contributed by atoms with van der Waals surface area (Å²) in [5.41, 5.74) is 0. The number of thioether (sulfide) groups is 1. The first-order valence-corrected chi connectivity index (χ1v) is 5.14. The van der Waals surface area contributed by atoms with Gasteiger partial charge < -0.3 is 4.74 Å². The van der Waals surface area contributed by atoms with Crippen molar-refractivity contribution >= 4 is 17.7 Å². The van der Waals surface area contributed by atoms with E-state index in [-0.39, 0.29) is 18.5 Å². The molecule has 0 aromatic heterocycles. The predicted octanol–water partition coefficient (Wildman–Crippen LogP) is 1.31. The molecule has 0 saturated carbocycles. The van der Waals surface area contributed by atoms with E-state index >= 15 is 0 Å². The SMILES string of the molecule is CC#CCOC(=O)C1CCSC1. The quantitative estimate of drug-likeness (QED) is 0.478.